The number of rotatable bonds is 6. The minimum atomic E-state index is -0.652. The Bertz CT molecular complexity index is 1050. The Morgan fingerprint density at radius 1 is 1.03 bits per heavy atom. The van der Waals surface area contributed by atoms with Crippen LogP contribution in [0.1, 0.15) is 22.8 Å². The monoisotopic (exact) mass is 504 g/mol. The van der Waals surface area contributed by atoms with Gasteiger partial charge in [0.15, 0.2) is 5.75 Å². The average molecular weight is 504 g/mol. The molecule has 0 aromatic heterocycles. The van der Waals surface area contributed by atoms with Gasteiger partial charge in [-0.1, -0.05) is 65.1 Å². The van der Waals surface area contributed by atoms with Gasteiger partial charge in [0.05, 0.1) is 12.2 Å². The largest absolute Gasteiger partial charge is 0.493 e. The van der Waals surface area contributed by atoms with Crippen molar-refractivity contribution >= 4 is 51.1 Å². The molecule has 0 heterocycles. The zero-order valence-corrected chi connectivity index (χ0v) is 18.3. The lowest BCUT2D eigenvalue weighted by molar-refractivity contribution is 0.102. The maximum absolute atomic E-state index is 13.2. The van der Waals surface area contributed by atoms with E-state index in [1.165, 1.54) is 7.05 Å². The predicted molar refractivity (Wildman–Crippen MR) is 122 cm³/mol. The number of hydrogen-bond acceptors (Lipinski definition) is 4. The van der Waals surface area contributed by atoms with E-state index in [1.807, 2.05) is 49.4 Å². The molecule has 0 atom stereocenters. The minimum absolute atomic E-state index is 0.188. The average Bonchev–Trinajstić information content (AvgIpc) is 2.75. The molecule has 3 aromatic rings. The molecule has 0 bridgehead atoms. The molecule has 150 valence electrons. The van der Waals surface area contributed by atoms with Crippen molar-refractivity contribution < 1.29 is 19.1 Å². The molecule has 6 nitrogen and oxygen atoms in total. The lowest BCUT2D eigenvalue weighted by Crippen LogP contribution is -2.24. The minimum Gasteiger partial charge on any atom is -0.493 e. The number of anilines is 1. The summed E-state index contributed by atoms with van der Waals surface area (Å²) in [6.07, 6.45) is -0.652. The van der Waals surface area contributed by atoms with E-state index in [2.05, 4.69) is 33.2 Å². The highest BCUT2D eigenvalue weighted by atomic mass is 127. The van der Waals surface area contributed by atoms with Crippen LogP contribution in [0.15, 0.2) is 54.6 Å². The number of amides is 2. The van der Waals surface area contributed by atoms with Gasteiger partial charge in [-0.25, -0.2) is 4.79 Å². The molecule has 0 aliphatic carbocycles. The highest BCUT2D eigenvalue weighted by molar-refractivity contribution is 14.1. The van der Waals surface area contributed by atoms with E-state index < -0.39 is 6.09 Å². The topological polar surface area (TPSA) is 76.7 Å². The second-order valence-corrected chi connectivity index (χ2v) is 6.88. The number of nitrogens with one attached hydrogen (secondary N) is 2. The van der Waals surface area contributed by atoms with Gasteiger partial charge in [-0.2, -0.15) is 0 Å². The predicted octanol–water partition coefficient (Wildman–Crippen LogP) is 5.14. The summed E-state index contributed by atoms with van der Waals surface area (Å²) in [5.41, 5.74) is 1.93. The second-order valence-electron chi connectivity index (χ2n) is 6.11. The Balaban J connectivity index is 2.14. The van der Waals surface area contributed by atoms with E-state index >= 15 is 0 Å². The van der Waals surface area contributed by atoms with Gasteiger partial charge in [0.1, 0.15) is 5.75 Å². The molecule has 0 saturated carbocycles. The van der Waals surface area contributed by atoms with E-state index in [1.54, 1.807) is 12.1 Å². The number of para-hydroxylation sites is 1. The smallest absolute Gasteiger partial charge is 0.412 e. The zero-order valence-electron chi connectivity index (χ0n) is 16.1. The van der Waals surface area contributed by atoms with Crippen molar-refractivity contribution in [3.8, 4) is 11.5 Å². The third kappa shape index (κ3) is 4.61. The van der Waals surface area contributed by atoms with Crippen molar-refractivity contribution in [3.05, 3.63) is 65.7 Å². The summed E-state index contributed by atoms with van der Waals surface area (Å²) < 4.78 is 12.0. The summed E-state index contributed by atoms with van der Waals surface area (Å²) in [4.78, 5) is 25.2. The number of fused-ring (bicyclic) bond motifs is 1. The van der Waals surface area contributed by atoms with Crippen molar-refractivity contribution in [1.29, 1.82) is 0 Å². The van der Waals surface area contributed by atoms with Crippen molar-refractivity contribution in [2.45, 2.75) is 11.4 Å². The number of benzene rings is 3. The number of alkyl halides is 1. The fourth-order valence-electron chi connectivity index (χ4n) is 2.96. The van der Waals surface area contributed by atoms with Crippen molar-refractivity contribution in [1.82, 2.24) is 5.32 Å². The van der Waals surface area contributed by atoms with E-state index in [-0.39, 0.29) is 17.2 Å². The van der Waals surface area contributed by atoms with Gasteiger partial charge in [-0.3, -0.25) is 4.79 Å². The molecule has 0 fully saturated rings. The molecule has 3 aromatic carbocycles. The highest BCUT2D eigenvalue weighted by Crippen LogP contribution is 2.37. The molecule has 2 N–H and O–H groups in total. The van der Waals surface area contributed by atoms with Gasteiger partial charge in [0.25, 0.3) is 5.91 Å². The summed E-state index contributed by atoms with van der Waals surface area (Å²) in [7, 11) is 1.47. The van der Waals surface area contributed by atoms with Crippen LogP contribution in [0.2, 0.25) is 0 Å². The van der Waals surface area contributed by atoms with Gasteiger partial charge in [-0.05, 0) is 24.6 Å². The molecule has 0 aliphatic rings. The number of carbonyl (C=O) groups is 2. The lowest BCUT2D eigenvalue weighted by atomic mass is 10.0. The number of carbonyl (C=O) groups excluding carboxylic acids is 2. The Kier molecular flexibility index (Phi) is 6.92. The number of halogens is 1. The molecule has 29 heavy (non-hydrogen) atoms. The second kappa shape index (κ2) is 9.60. The van der Waals surface area contributed by atoms with Crippen LogP contribution in [-0.2, 0) is 4.43 Å². The Morgan fingerprint density at radius 3 is 2.41 bits per heavy atom. The quantitative estimate of drug-likeness (QED) is 0.360. The van der Waals surface area contributed by atoms with Crippen LogP contribution in [0.3, 0.4) is 0 Å². The number of ether oxygens (including phenoxy) is 2. The van der Waals surface area contributed by atoms with Crippen LogP contribution in [0.25, 0.3) is 10.8 Å². The van der Waals surface area contributed by atoms with Gasteiger partial charge < -0.3 is 20.1 Å². The van der Waals surface area contributed by atoms with Crippen molar-refractivity contribution in [2.24, 2.45) is 0 Å². The first kappa shape index (κ1) is 20.9. The maximum Gasteiger partial charge on any atom is 0.412 e. The summed E-state index contributed by atoms with van der Waals surface area (Å²) in [5.74, 6) is 0.362. The molecule has 0 radical (unpaired) electrons. The lowest BCUT2D eigenvalue weighted by Gasteiger charge is -2.17. The fraction of sp³-hybridized carbons (Fsp3) is 0.182. The van der Waals surface area contributed by atoms with Gasteiger partial charge in [0, 0.05) is 27.9 Å². The molecular weight excluding hydrogens is 483 g/mol. The zero-order chi connectivity index (χ0) is 20.8. The molecule has 7 heteroatoms. The molecule has 3 rings (SSSR count). The Morgan fingerprint density at radius 2 is 1.72 bits per heavy atom. The summed E-state index contributed by atoms with van der Waals surface area (Å²) in [5, 5.41) is 6.74. The summed E-state index contributed by atoms with van der Waals surface area (Å²) >= 11 is 2.25. The normalized spacial score (nSPS) is 10.4. The standard InChI is InChI=1S/C22H21IN2O4/c1-3-28-19-12-17(21(26)25-18-11-7-4-8-14(18)13-23)20(29-22(27)24-2)16-10-6-5-9-15(16)19/h4-12H,3,13H2,1-2H3,(H,24,27)(H,25,26). The molecule has 0 spiro atoms. The fourth-order valence-corrected chi connectivity index (χ4v) is 3.63. The summed E-state index contributed by atoms with van der Waals surface area (Å²) in [6.45, 7) is 2.32. The maximum atomic E-state index is 13.2. The SMILES string of the molecule is CCOc1cc(C(=O)Nc2ccccc2CI)c(OC(=O)NC)c2ccccc12. The van der Waals surface area contributed by atoms with Crippen LogP contribution >= 0.6 is 22.6 Å². The van der Waals surface area contributed by atoms with Crippen molar-refractivity contribution in [2.75, 3.05) is 19.0 Å². The van der Waals surface area contributed by atoms with Gasteiger partial charge >= 0.3 is 6.09 Å². The first-order chi connectivity index (χ1) is 14.1. The molecule has 0 aliphatic heterocycles. The van der Waals surface area contributed by atoms with Crippen LogP contribution < -0.4 is 20.1 Å². The Hall–Kier alpha value is -2.81. The molecule has 2 amide bonds. The van der Waals surface area contributed by atoms with Crippen LogP contribution in [-0.4, -0.2) is 25.7 Å². The van der Waals surface area contributed by atoms with Crippen LogP contribution in [0, 0.1) is 0 Å². The molecule has 0 saturated heterocycles. The van der Waals surface area contributed by atoms with E-state index in [4.69, 9.17) is 9.47 Å². The van der Waals surface area contributed by atoms with Gasteiger partial charge in [0.2, 0.25) is 0 Å². The van der Waals surface area contributed by atoms with E-state index in [9.17, 15) is 9.59 Å². The first-order valence-corrected chi connectivity index (χ1v) is 10.6. The van der Waals surface area contributed by atoms with Crippen molar-refractivity contribution in [3.63, 3.8) is 0 Å². The van der Waals surface area contributed by atoms with Crippen LogP contribution in [0.5, 0.6) is 11.5 Å². The third-order valence-corrected chi connectivity index (χ3v) is 5.13. The van der Waals surface area contributed by atoms with Crippen LogP contribution in [0.4, 0.5) is 10.5 Å². The Labute approximate surface area is 182 Å². The summed E-state index contributed by atoms with van der Waals surface area (Å²) in [6, 6.07) is 16.5. The molecular formula is C22H21IN2O4. The van der Waals surface area contributed by atoms with E-state index in [0.717, 1.165) is 15.4 Å². The third-order valence-electron chi connectivity index (χ3n) is 4.31. The highest BCUT2D eigenvalue weighted by Gasteiger charge is 2.22. The molecule has 0 unspecified atom stereocenters. The first-order valence-electron chi connectivity index (χ1n) is 9.12. The van der Waals surface area contributed by atoms with E-state index in [0.29, 0.717) is 23.4 Å². The van der Waals surface area contributed by atoms with Gasteiger partial charge in [-0.15, -0.1) is 0 Å². The number of hydrogen-bond donors (Lipinski definition) is 2.